The van der Waals surface area contributed by atoms with Crippen molar-refractivity contribution in [1.29, 1.82) is 0 Å². The molecule has 0 N–H and O–H groups in total. The van der Waals surface area contributed by atoms with Gasteiger partial charge in [-0.25, -0.2) is 0 Å². The SMILES string of the molecule is F.F.F.[Hg]. The molecular formula is H3F3Hg. The van der Waals surface area contributed by atoms with Gasteiger partial charge in [0, 0.05) is 27.7 Å². The first-order valence-electron chi connectivity index (χ1n) is 0. The van der Waals surface area contributed by atoms with Gasteiger partial charge in [-0.2, -0.15) is 0 Å². The normalized spacial score (nSPS) is 0. The van der Waals surface area contributed by atoms with Crippen molar-refractivity contribution in [2.24, 2.45) is 0 Å². The van der Waals surface area contributed by atoms with Gasteiger partial charge in [0.2, 0.25) is 0 Å². The molecule has 0 fully saturated rings. The van der Waals surface area contributed by atoms with Gasteiger partial charge < -0.3 is 0 Å². The largest absolute Gasteiger partial charge is 0.269 e. The van der Waals surface area contributed by atoms with Crippen molar-refractivity contribution >= 4 is 0 Å². The molecule has 26 valence electrons. The molecule has 4 heavy (non-hydrogen) atoms. The third-order valence-electron chi connectivity index (χ3n) is 0. The Bertz CT molecular complexity index is 3.25. The van der Waals surface area contributed by atoms with E-state index in [4.69, 9.17) is 0 Å². The second kappa shape index (κ2) is 52.6. The Kier molecular flexibility index (Phi) is 1640. The third kappa shape index (κ3) is 15.4. The molecule has 0 aliphatic heterocycles. The molecule has 0 amide bonds. The van der Waals surface area contributed by atoms with Gasteiger partial charge >= 0.3 is 0 Å². The summed E-state index contributed by atoms with van der Waals surface area (Å²) in [4.78, 5) is 0. The van der Waals surface area contributed by atoms with Crippen molar-refractivity contribution in [2.45, 2.75) is 0 Å². The van der Waals surface area contributed by atoms with Crippen molar-refractivity contribution in [3.8, 4) is 0 Å². The minimum Gasteiger partial charge on any atom is -0.269 e. The van der Waals surface area contributed by atoms with Crippen LogP contribution < -0.4 is 0 Å². The van der Waals surface area contributed by atoms with E-state index in [0.717, 1.165) is 0 Å². The van der Waals surface area contributed by atoms with Crippen molar-refractivity contribution in [1.82, 2.24) is 0 Å². The average Bonchev–Trinajstić information content (AvgIpc) is 0. The summed E-state index contributed by atoms with van der Waals surface area (Å²) in [5, 5.41) is 0. The smallest absolute Gasteiger partial charge is 0 e. The van der Waals surface area contributed by atoms with Crippen LogP contribution in [0.4, 0.5) is 14.1 Å². The first-order chi connectivity index (χ1) is 0. The molecule has 0 heterocycles. The Balaban J connectivity index is 0. The predicted octanol–water partition coefficient (Wildman–Crippen LogP) is 0.455. The van der Waals surface area contributed by atoms with Gasteiger partial charge in [0.05, 0.1) is 0 Å². The van der Waals surface area contributed by atoms with Crippen LogP contribution in [0.1, 0.15) is 0 Å². The van der Waals surface area contributed by atoms with Crippen LogP contribution >= 0.6 is 0 Å². The fourth-order valence-corrected chi connectivity index (χ4v) is 0. The van der Waals surface area contributed by atoms with Gasteiger partial charge in [-0.05, 0) is 0 Å². The summed E-state index contributed by atoms with van der Waals surface area (Å²) in [6.45, 7) is 0. The van der Waals surface area contributed by atoms with E-state index < -0.39 is 0 Å². The van der Waals surface area contributed by atoms with Crippen LogP contribution in [0.3, 0.4) is 0 Å². The summed E-state index contributed by atoms with van der Waals surface area (Å²) < 4.78 is 0. The van der Waals surface area contributed by atoms with E-state index >= 15 is 0 Å². The molecule has 0 saturated heterocycles. The summed E-state index contributed by atoms with van der Waals surface area (Å²) >= 11 is 0. The van der Waals surface area contributed by atoms with Crippen LogP contribution in [-0.4, -0.2) is 0 Å². The first kappa shape index (κ1) is 125. The number of hydrogen-bond donors (Lipinski definition) is 0. The maximum atomic E-state index is 0. The minimum absolute atomic E-state index is 0. The molecule has 0 saturated carbocycles. The second-order valence-electron chi connectivity index (χ2n) is 0. The maximum Gasteiger partial charge on any atom is 0 e. The predicted molar refractivity (Wildman–Crippen MR) is 7.51 cm³/mol. The van der Waals surface area contributed by atoms with E-state index in [-0.39, 0.29) is 41.8 Å². The van der Waals surface area contributed by atoms with Crippen molar-refractivity contribution in [2.75, 3.05) is 0 Å². The van der Waals surface area contributed by atoms with E-state index in [2.05, 4.69) is 0 Å². The van der Waals surface area contributed by atoms with E-state index in [1.165, 1.54) is 0 Å². The quantitative estimate of drug-likeness (QED) is 0.555. The second-order valence-corrected chi connectivity index (χ2v) is 0. The molecule has 0 aliphatic carbocycles. The van der Waals surface area contributed by atoms with Crippen LogP contribution in [0.15, 0.2) is 0 Å². The Morgan fingerprint density at radius 3 is 0.500 bits per heavy atom. The van der Waals surface area contributed by atoms with Crippen LogP contribution in [-0.2, 0) is 27.7 Å². The molecule has 0 nitrogen and oxygen atoms in total. The number of hydrogen-bond acceptors (Lipinski definition) is 0. The van der Waals surface area contributed by atoms with Crippen LogP contribution in [0.5, 0.6) is 0 Å². The molecule has 0 rings (SSSR count). The topological polar surface area (TPSA) is 0 Å². The zero-order chi connectivity index (χ0) is 0. The monoisotopic (exact) mass is 262 g/mol. The molecule has 0 aromatic heterocycles. The Morgan fingerprint density at radius 1 is 0.500 bits per heavy atom. The molecule has 0 radical (unpaired) electrons. The minimum atomic E-state index is 0. The maximum absolute atomic E-state index is 0. The zero-order valence-corrected chi connectivity index (χ0v) is 7.43. The summed E-state index contributed by atoms with van der Waals surface area (Å²) in [5.41, 5.74) is 0. The molecular weight excluding hydrogens is 258 g/mol. The molecule has 4 heteroatoms. The summed E-state index contributed by atoms with van der Waals surface area (Å²) in [6, 6.07) is 0. The fraction of sp³-hybridized carbons (Fsp3) is 0. The van der Waals surface area contributed by atoms with Gasteiger partial charge in [0.15, 0.2) is 0 Å². The summed E-state index contributed by atoms with van der Waals surface area (Å²) in [6.07, 6.45) is 0. The molecule has 0 aromatic rings. The van der Waals surface area contributed by atoms with Gasteiger partial charge in [0.25, 0.3) is 0 Å². The summed E-state index contributed by atoms with van der Waals surface area (Å²) in [7, 11) is 0. The van der Waals surface area contributed by atoms with Crippen molar-refractivity contribution in [3.05, 3.63) is 0 Å². The van der Waals surface area contributed by atoms with Crippen LogP contribution in [0.25, 0.3) is 0 Å². The van der Waals surface area contributed by atoms with Gasteiger partial charge in [-0.3, -0.25) is 14.1 Å². The Hall–Kier alpha value is 0.725. The van der Waals surface area contributed by atoms with Gasteiger partial charge in [-0.1, -0.05) is 0 Å². The van der Waals surface area contributed by atoms with E-state index in [1.54, 1.807) is 0 Å². The molecule has 0 aromatic carbocycles. The number of rotatable bonds is 0. The molecule has 0 spiro atoms. The van der Waals surface area contributed by atoms with Crippen molar-refractivity contribution < 1.29 is 41.8 Å². The van der Waals surface area contributed by atoms with E-state index in [1.807, 2.05) is 0 Å². The van der Waals surface area contributed by atoms with E-state index in [9.17, 15) is 0 Å². The van der Waals surface area contributed by atoms with Gasteiger partial charge in [-0.15, -0.1) is 0 Å². The zero-order valence-electron chi connectivity index (χ0n) is 1.93. The molecule has 0 atom stereocenters. The average molecular weight is 261 g/mol. The van der Waals surface area contributed by atoms with Crippen LogP contribution in [0, 0.1) is 0 Å². The fourth-order valence-electron chi connectivity index (χ4n) is 0. The van der Waals surface area contributed by atoms with Gasteiger partial charge in [0.1, 0.15) is 0 Å². The summed E-state index contributed by atoms with van der Waals surface area (Å²) in [5.74, 6) is 0. The molecule has 0 unspecified atom stereocenters. The third-order valence-corrected chi connectivity index (χ3v) is 0. The molecule has 0 bridgehead atoms. The Morgan fingerprint density at radius 2 is 0.500 bits per heavy atom. The number of halogens is 3. The van der Waals surface area contributed by atoms with Crippen LogP contribution in [0.2, 0.25) is 0 Å². The van der Waals surface area contributed by atoms with E-state index in [0.29, 0.717) is 0 Å². The molecule has 0 aliphatic rings. The first-order valence-corrected chi connectivity index (χ1v) is 0. The van der Waals surface area contributed by atoms with Crippen molar-refractivity contribution in [3.63, 3.8) is 0 Å². The Labute approximate surface area is 42.2 Å². The standard InChI is InChI=1S/3FH.Hg/h3*1H;.